The molecular weight excluding hydrogens is 616 g/mol. The topological polar surface area (TPSA) is 285 Å². The third-order valence-electron chi connectivity index (χ3n) is 5.74. The minimum Gasteiger partial charge on any atom is -0.505 e. The van der Waals surface area contributed by atoms with E-state index in [1.165, 1.54) is 31.2 Å². The summed E-state index contributed by atoms with van der Waals surface area (Å²) < 4.78 is 100. The van der Waals surface area contributed by atoms with E-state index < -0.39 is 62.2 Å². The van der Waals surface area contributed by atoms with Crippen molar-refractivity contribution in [3.63, 3.8) is 0 Å². The number of aromatic hydroxyl groups is 1. The average Bonchev–Trinajstić information content (AvgIpc) is 2.86. The van der Waals surface area contributed by atoms with Gasteiger partial charge in [0.05, 0.1) is 11.1 Å². The van der Waals surface area contributed by atoms with Crippen LogP contribution in [-0.4, -0.2) is 44.0 Å². The molecule has 0 radical (unpaired) electrons. The summed E-state index contributed by atoms with van der Waals surface area (Å²) in [7, 11) is -14.6. The third kappa shape index (κ3) is 6.05. The van der Waals surface area contributed by atoms with Crippen LogP contribution in [0.2, 0.25) is 0 Å². The number of nitrogen functional groups attached to an aromatic ring is 2. The molecule has 19 heteroatoms. The summed E-state index contributed by atoms with van der Waals surface area (Å²) in [6.45, 7) is 1.49. The summed E-state index contributed by atoms with van der Waals surface area (Å²) in [6, 6.07) is 10.4. The van der Waals surface area contributed by atoms with Gasteiger partial charge in [-0.15, -0.1) is 20.5 Å². The fourth-order valence-corrected chi connectivity index (χ4v) is 5.79. The Morgan fingerprint density at radius 2 is 1.19 bits per heavy atom. The number of nitrogens with zero attached hydrogens (tertiary/aromatic N) is 4. The number of anilines is 2. The first-order valence-electron chi connectivity index (χ1n) is 11.2. The number of rotatable bonds is 7. The second-order valence-corrected chi connectivity index (χ2v) is 12.8. The fourth-order valence-electron chi connectivity index (χ4n) is 3.91. The molecule has 4 aromatic carbocycles. The second kappa shape index (κ2) is 10.7. The quantitative estimate of drug-likeness (QED) is 0.0922. The van der Waals surface area contributed by atoms with Crippen LogP contribution in [0.25, 0.3) is 10.8 Å². The summed E-state index contributed by atoms with van der Waals surface area (Å²) in [4.78, 5) is -2.21. The van der Waals surface area contributed by atoms with Gasteiger partial charge in [-0.25, -0.2) is 0 Å². The number of aryl methyl sites for hydroxylation is 1. The van der Waals surface area contributed by atoms with Gasteiger partial charge in [-0.1, -0.05) is 12.1 Å². The summed E-state index contributed by atoms with van der Waals surface area (Å²) in [5.41, 5.74) is 10.2. The Morgan fingerprint density at radius 1 is 0.643 bits per heavy atom. The van der Waals surface area contributed by atoms with Crippen LogP contribution < -0.4 is 11.5 Å². The lowest BCUT2D eigenvalue weighted by Crippen LogP contribution is -2.01. The Kier molecular flexibility index (Phi) is 7.76. The maximum atomic E-state index is 12.2. The van der Waals surface area contributed by atoms with Gasteiger partial charge in [-0.3, -0.25) is 13.7 Å². The Labute approximate surface area is 238 Å². The third-order valence-corrected chi connectivity index (χ3v) is 8.41. The van der Waals surface area contributed by atoms with Crippen molar-refractivity contribution in [3.8, 4) is 5.75 Å². The molecule has 4 rings (SSSR count). The van der Waals surface area contributed by atoms with E-state index in [4.69, 9.17) is 11.5 Å². The van der Waals surface area contributed by atoms with Crippen molar-refractivity contribution in [1.82, 2.24) is 0 Å². The molecule has 42 heavy (non-hydrogen) atoms. The van der Waals surface area contributed by atoms with Crippen LogP contribution in [0.3, 0.4) is 0 Å². The highest BCUT2D eigenvalue weighted by molar-refractivity contribution is 7.86. The first-order valence-corrected chi connectivity index (χ1v) is 15.5. The van der Waals surface area contributed by atoms with Crippen molar-refractivity contribution >= 4 is 75.3 Å². The normalized spacial score (nSPS) is 13.0. The van der Waals surface area contributed by atoms with E-state index in [1.54, 1.807) is 0 Å². The van der Waals surface area contributed by atoms with Crippen molar-refractivity contribution in [2.24, 2.45) is 20.5 Å². The highest BCUT2D eigenvalue weighted by atomic mass is 32.2. The van der Waals surface area contributed by atoms with Crippen LogP contribution in [0.1, 0.15) is 5.56 Å². The summed E-state index contributed by atoms with van der Waals surface area (Å²) in [6.07, 6.45) is 0. The lowest BCUT2D eigenvalue weighted by molar-refractivity contribution is 0.472. The Morgan fingerprint density at radius 3 is 1.81 bits per heavy atom. The van der Waals surface area contributed by atoms with Gasteiger partial charge < -0.3 is 16.6 Å². The predicted molar refractivity (Wildman–Crippen MR) is 150 cm³/mol. The van der Waals surface area contributed by atoms with Crippen LogP contribution in [0, 0.1) is 6.92 Å². The number of hydrogen-bond acceptors (Lipinski definition) is 13. The fraction of sp³-hybridized carbons (Fsp3) is 0.0435. The first-order chi connectivity index (χ1) is 19.4. The molecule has 0 aliphatic carbocycles. The molecule has 0 saturated heterocycles. The van der Waals surface area contributed by atoms with Gasteiger partial charge in [0.15, 0.2) is 5.75 Å². The lowest BCUT2D eigenvalue weighted by Gasteiger charge is -2.14. The van der Waals surface area contributed by atoms with Gasteiger partial charge in [-0.05, 0) is 60.3 Å². The maximum absolute atomic E-state index is 12.2. The molecule has 0 amide bonds. The Bertz CT molecular complexity index is 2170. The molecule has 0 unspecified atom stereocenters. The minimum absolute atomic E-state index is 0.000573. The van der Waals surface area contributed by atoms with Crippen molar-refractivity contribution in [3.05, 3.63) is 60.2 Å². The van der Waals surface area contributed by atoms with E-state index in [0.29, 0.717) is 0 Å². The summed E-state index contributed by atoms with van der Waals surface area (Å²) in [5, 5.41) is 25.9. The van der Waals surface area contributed by atoms with Crippen LogP contribution in [0.15, 0.2) is 89.7 Å². The van der Waals surface area contributed by atoms with E-state index in [9.17, 15) is 44.0 Å². The molecule has 0 atom stereocenters. The number of benzene rings is 4. The number of azo groups is 2. The van der Waals surface area contributed by atoms with E-state index >= 15 is 0 Å². The minimum atomic E-state index is -5.07. The molecule has 0 fully saturated rings. The van der Waals surface area contributed by atoms with Gasteiger partial charge in [0, 0.05) is 5.69 Å². The molecule has 0 spiro atoms. The predicted octanol–water partition coefficient (Wildman–Crippen LogP) is 4.59. The zero-order valence-electron chi connectivity index (χ0n) is 21.1. The molecule has 220 valence electrons. The SMILES string of the molecule is Cc1cc2cc(S(=O)(=O)O)c(N=Nc3cc(N)ccc3S(=O)(=O)O)c(O)c2c(N)c1N=Nc1ccccc1S(=O)(=O)O. The largest absolute Gasteiger partial charge is 0.505 e. The van der Waals surface area contributed by atoms with Crippen molar-refractivity contribution in [2.45, 2.75) is 21.6 Å². The maximum Gasteiger partial charge on any atom is 0.296 e. The average molecular weight is 637 g/mol. The second-order valence-electron chi connectivity index (χ2n) is 8.65. The number of phenolic OH excluding ortho intramolecular Hbond substituents is 1. The number of nitrogens with two attached hydrogens (primary N) is 2. The van der Waals surface area contributed by atoms with E-state index in [-0.39, 0.29) is 39.1 Å². The van der Waals surface area contributed by atoms with Crippen LogP contribution in [-0.2, 0) is 30.4 Å². The molecule has 0 heterocycles. The van der Waals surface area contributed by atoms with Gasteiger partial charge >= 0.3 is 0 Å². The number of fused-ring (bicyclic) bond motifs is 1. The first kappa shape index (κ1) is 30.4. The number of phenols is 1. The van der Waals surface area contributed by atoms with Crippen LogP contribution in [0.5, 0.6) is 5.75 Å². The van der Waals surface area contributed by atoms with E-state index in [1.807, 2.05) is 0 Å². The molecule has 16 nitrogen and oxygen atoms in total. The van der Waals surface area contributed by atoms with E-state index in [2.05, 4.69) is 20.5 Å². The van der Waals surface area contributed by atoms with Crippen molar-refractivity contribution < 1.29 is 44.0 Å². The molecule has 0 aliphatic heterocycles. The summed E-state index contributed by atoms with van der Waals surface area (Å²) >= 11 is 0. The van der Waals surface area contributed by atoms with E-state index in [0.717, 1.165) is 30.3 Å². The molecule has 0 aromatic heterocycles. The van der Waals surface area contributed by atoms with Crippen molar-refractivity contribution in [1.29, 1.82) is 0 Å². The molecule has 4 aromatic rings. The molecule has 0 bridgehead atoms. The summed E-state index contributed by atoms with van der Waals surface area (Å²) in [5.74, 6) is -0.923. The van der Waals surface area contributed by atoms with Gasteiger partial charge in [0.25, 0.3) is 30.4 Å². The Balaban J connectivity index is 1.97. The monoisotopic (exact) mass is 636 g/mol. The van der Waals surface area contributed by atoms with Gasteiger partial charge in [0.1, 0.15) is 37.4 Å². The zero-order chi connectivity index (χ0) is 31.2. The standard InChI is InChI=1S/C23H20N6O10S3/c1-11-8-12-9-18(42(37,38)39)22(29-27-15-10-13(24)6-7-17(15)41(34,35)36)23(30)19(12)20(25)21(11)28-26-14-4-2-3-5-16(14)40(31,32)33/h2-10,30H,24-25H2,1H3,(H,31,32,33)(H,34,35,36)(H,37,38,39). The molecular formula is C23H20N6O10S3. The van der Waals surface area contributed by atoms with Crippen molar-refractivity contribution in [2.75, 3.05) is 11.5 Å². The molecule has 8 N–H and O–H groups in total. The van der Waals surface area contributed by atoms with Gasteiger partial charge in [0.2, 0.25) is 0 Å². The highest BCUT2D eigenvalue weighted by Gasteiger charge is 2.25. The van der Waals surface area contributed by atoms with Crippen LogP contribution in [0.4, 0.5) is 34.1 Å². The number of hydrogen-bond donors (Lipinski definition) is 6. The van der Waals surface area contributed by atoms with Gasteiger partial charge in [-0.2, -0.15) is 25.3 Å². The zero-order valence-corrected chi connectivity index (χ0v) is 23.6. The molecule has 0 saturated carbocycles. The lowest BCUT2D eigenvalue weighted by atomic mass is 10.0. The van der Waals surface area contributed by atoms with Crippen LogP contribution >= 0.6 is 0 Å². The Hall–Kier alpha value is -4.53. The smallest absolute Gasteiger partial charge is 0.296 e. The molecule has 0 aliphatic rings. The highest BCUT2D eigenvalue weighted by Crippen LogP contribution is 2.47.